The monoisotopic (exact) mass is 292 g/mol. The number of piperidine rings is 1. The van der Waals surface area contributed by atoms with E-state index in [0.717, 1.165) is 24.6 Å². The van der Waals surface area contributed by atoms with Crippen LogP contribution in [0.15, 0.2) is 54.6 Å². The highest BCUT2D eigenvalue weighted by atomic mass is 16.1. The fraction of sp³-hybridized carbons (Fsp3) is 0.263. The molecule has 0 aliphatic carbocycles. The molecule has 1 aliphatic rings. The van der Waals surface area contributed by atoms with Crippen molar-refractivity contribution in [2.45, 2.75) is 19.3 Å². The molecule has 112 valence electrons. The van der Waals surface area contributed by atoms with Gasteiger partial charge < -0.3 is 4.90 Å². The molecule has 3 nitrogen and oxygen atoms in total. The summed E-state index contributed by atoms with van der Waals surface area (Å²) in [6.07, 6.45) is 7.16. The first-order valence-corrected chi connectivity index (χ1v) is 7.82. The summed E-state index contributed by atoms with van der Waals surface area (Å²) in [6.45, 7) is 2.15. The molecular formula is C19H20N2O. The third-order valence-electron chi connectivity index (χ3n) is 3.90. The average molecular weight is 292 g/mol. The van der Waals surface area contributed by atoms with Gasteiger partial charge >= 0.3 is 0 Å². The minimum Gasteiger partial charge on any atom is -0.357 e. The number of nitrogens with zero attached hydrogens (tertiary/aromatic N) is 2. The first-order chi connectivity index (χ1) is 10.8. The quantitative estimate of drug-likeness (QED) is 0.631. The fourth-order valence-corrected chi connectivity index (χ4v) is 2.69. The van der Waals surface area contributed by atoms with Crippen LogP contribution in [-0.4, -0.2) is 23.9 Å². The first-order valence-electron chi connectivity index (χ1n) is 7.82. The molecule has 3 rings (SSSR count). The normalized spacial score (nSPS) is 15.2. The number of hydrogen-bond donors (Lipinski definition) is 0. The molecule has 0 saturated carbocycles. The molecule has 0 amide bonds. The van der Waals surface area contributed by atoms with Crippen molar-refractivity contribution in [2.75, 3.05) is 18.0 Å². The van der Waals surface area contributed by atoms with Crippen LogP contribution in [0, 0.1) is 0 Å². The van der Waals surface area contributed by atoms with E-state index in [4.69, 9.17) is 0 Å². The highest BCUT2D eigenvalue weighted by Crippen LogP contribution is 2.18. The minimum absolute atomic E-state index is 0.00535. The molecule has 1 fully saturated rings. The maximum absolute atomic E-state index is 12.1. The Morgan fingerprint density at radius 2 is 1.73 bits per heavy atom. The Labute approximate surface area is 131 Å². The van der Waals surface area contributed by atoms with E-state index in [1.165, 1.54) is 19.3 Å². The van der Waals surface area contributed by atoms with Crippen LogP contribution < -0.4 is 4.90 Å². The van der Waals surface area contributed by atoms with Gasteiger partial charge in [0.05, 0.1) is 5.69 Å². The number of carbonyl (C=O) groups excluding carboxylic acids is 1. The van der Waals surface area contributed by atoms with E-state index in [9.17, 15) is 4.79 Å². The molecule has 0 radical (unpaired) electrons. The van der Waals surface area contributed by atoms with Crippen LogP contribution in [-0.2, 0) is 0 Å². The molecule has 1 saturated heterocycles. The molecule has 2 heterocycles. The summed E-state index contributed by atoms with van der Waals surface area (Å²) in [5.74, 6) is 1.01. The SMILES string of the molecule is O=C(C=Cc1cccc(N2CCCCC2)n1)c1ccccc1. The van der Waals surface area contributed by atoms with Gasteiger partial charge in [-0.1, -0.05) is 36.4 Å². The van der Waals surface area contributed by atoms with Gasteiger partial charge in [-0.05, 0) is 43.5 Å². The summed E-state index contributed by atoms with van der Waals surface area (Å²) in [5.41, 5.74) is 1.53. The number of anilines is 1. The predicted molar refractivity (Wildman–Crippen MR) is 90.1 cm³/mol. The lowest BCUT2D eigenvalue weighted by atomic mass is 10.1. The van der Waals surface area contributed by atoms with Crippen LogP contribution in [0.1, 0.15) is 35.3 Å². The molecule has 22 heavy (non-hydrogen) atoms. The number of ketones is 1. The van der Waals surface area contributed by atoms with Gasteiger partial charge in [0.2, 0.25) is 0 Å². The first kappa shape index (κ1) is 14.5. The molecule has 0 unspecified atom stereocenters. The lowest BCUT2D eigenvalue weighted by molar-refractivity contribution is 0.104. The maximum Gasteiger partial charge on any atom is 0.185 e. The van der Waals surface area contributed by atoms with Crippen molar-refractivity contribution in [3.63, 3.8) is 0 Å². The predicted octanol–water partition coefficient (Wildman–Crippen LogP) is 3.97. The Bertz CT molecular complexity index is 658. The van der Waals surface area contributed by atoms with E-state index in [1.807, 2.05) is 48.5 Å². The second kappa shape index (κ2) is 7.03. The van der Waals surface area contributed by atoms with Crippen LogP contribution >= 0.6 is 0 Å². The van der Waals surface area contributed by atoms with Gasteiger partial charge in [-0.3, -0.25) is 4.79 Å². The third kappa shape index (κ3) is 3.61. The largest absolute Gasteiger partial charge is 0.357 e. The Kier molecular flexibility index (Phi) is 4.64. The van der Waals surface area contributed by atoms with E-state index in [0.29, 0.717) is 5.56 Å². The van der Waals surface area contributed by atoms with E-state index in [-0.39, 0.29) is 5.78 Å². The fourth-order valence-electron chi connectivity index (χ4n) is 2.69. The van der Waals surface area contributed by atoms with Gasteiger partial charge in [0.15, 0.2) is 5.78 Å². The number of carbonyl (C=O) groups is 1. The molecule has 1 aromatic carbocycles. The topological polar surface area (TPSA) is 33.2 Å². The van der Waals surface area contributed by atoms with Crippen molar-refractivity contribution < 1.29 is 4.79 Å². The summed E-state index contributed by atoms with van der Waals surface area (Å²) >= 11 is 0. The lowest BCUT2D eigenvalue weighted by Gasteiger charge is -2.27. The highest BCUT2D eigenvalue weighted by molar-refractivity contribution is 6.06. The number of rotatable bonds is 4. The van der Waals surface area contributed by atoms with Crippen LogP contribution in [0.4, 0.5) is 5.82 Å². The number of pyridine rings is 1. The second-order valence-corrected chi connectivity index (χ2v) is 5.53. The molecule has 1 aliphatic heterocycles. The number of aromatic nitrogens is 1. The van der Waals surface area contributed by atoms with Gasteiger partial charge in [-0.25, -0.2) is 4.98 Å². The maximum atomic E-state index is 12.1. The molecule has 0 N–H and O–H groups in total. The van der Waals surface area contributed by atoms with Crippen LogP contribution in [0.2, 0.25) is 0 Å². The van der Waals surface area contributed by atoms with Crippen molar-refractivity contribution in [1.82, 2.24) is 4.98 Å². The Morgan fingerprint density at radius 3 is 2.50 bits per heavy atom. The standard InChI is InChI=1S/C19H20N2O/c22-18(16-8-3-1-4-9-16)13-12-17-10-7-11-19(20-17)21-14-5-2-6-15-21/h1,3-4,7-13H,2,5-6,14-15H2. The summed E-state index contributed by atoms with van der Waals surface area (Å²) in [4.78, 5) is 19.0. The zero-order chi connectivity index (χ0) is 15.2. The Hall–Kier alpha value is -2.42. The van der Waals surface area contributed by atoms with Gasteiger partial charge in [0.1, 0.15) is 5.82 Å². The van der Waals surface area contributed by atoms with Crippen LogP contribution in [0.25, 0.3) is 6.08 Å². The van der Waals surface area contributed by atoms with E-state index >= 15 is 0 Å². The summed E-state index contributed by atoms with van der Waals surface area (Å²) in [6, 6.07) is 15.3. The molecule has 0 spiro atoms. The van der Waals surface area contributed by atoms with Crippen LogP contribution in [0.5, 0.6) is 0 Å². The van der Waals surface area contributed by atoms with E-state index < -0.39 is 0 Å². The number of hydrogen-bond acceptors (Lipinski definition) is 3. The third-order valence-corrected chi connectivity index (χ3v) is 3.90. The van der Waals surface area contributed by atoms with Crippen molar-refractivity contribution in [3.8, 4) is 0 Å². The molecule has 0 atom stereocenters. The Morgan fingerprint density at radius 1 is 0.955 bits per heavy atom. The lowest BCUT2D eigenvalue weighted by Crippen LogP contribution is -2.30. The van der Waals surface area contributed by atoms with E-state index in [2.05, 4.69) is 9.88 Å². The van der Waals surface area contributed by atoms with Crippen molar-refractivity contribution >= 4 is 17.7 Å². The molecule has 0 bridgehead atoms. The molecule has 1 aromatic heterocycles. The van der Waals surface area contributed by atoms with E-state index in [1.54, 1.807) is 12.2 Å². The number of benzene rings is 1. The van der Waals surface area contributed by atoms with Crippen molar-refractivity contribution in [1.29, 1.82) is 0 Å². The van der Waals surface area contributed by atoms with Crippen molar-refractivity contribution in [2.24, 2.45) is 0 Å². The Balaban J connectivity index is 1.72. The minimum atomic E-state index is 0.00535. The smallest absolute Gasteiger partial charge is 0.185 e. The van der Waals surface area contributed by atoms with Gasteiger partial charge in [-0.15, -0.1) is 0 Å². The molecule has 3 heteroatoms. The zero-order valence-electron chi connectivity index (χ0n) is 12.6. The second-order valence-electron chi connectivity index (χ2n) is 5.53. The summed E-state index contributed by atoms with van der Waals surface area (Å²) in [7, 11) is 0. The van der Waals surface area contributed by atoms with Crippen LogP contribution in [0.3, 0.4) is 0 Å². The highest BCUT2D eigenvalue weighted by Gasteiger charge is 2.11. The van der Waals surface area contributed by atoms with Gasteiger partial charge in [-0.2, -0.15) is 0 Å². The molecule has 2 aromatic rings. The van der Waals surface area contributed by atoms with Crippen molar-refractivity contribution in [3.05, 3.63) is 65.9 Å². The zero-order valence-corrected chi connectivity index (χ0v) is 12.6. The van der Waals surface area contributed by atoms with Gasteiger partial charge in [0.25, 0.3) is 0 Å². The molecular weight excluding hydrogens is 272 g/mol. The average Bonchev–Trinajstić information content (AvgIpc) is 2.61. The summed E-state index contributed by atoms with van der Waals surface area (Å²) in [5, 5.41) is 0. The number of allylic oxidation sites excluding steroid dienone is 1. The van der Waals surface area contributed by atoms with Gasteiger partial charge in [0, 0.05) is 18.7 Å². The summed E-state index contributed by atoms with van der Waals surface area (Å²) < 4.78 is 0.